The molecular weight excluding hydrogens is 277 g/mol. The monoisotopic (exact) mass is 295 g/mol. The van der Waals surface area contributed by atoms with Gasteiger partial charge in [0, 0.05) is 5.50 Å². The van der Waals surface area contributed by atoms with E-state index in [-0.39, 0.29) is 23.5 Å². The first-order valence-corrected chi connectivity index (χ1v) is 7.11. The number of halogens is 2. The first kappa shape index (κ1) is 14.9. The second kappa shape index (κ2) is 5.04. The van der Waals surface area contributed by atoms with Gasteiger partial charge in [-0.25, -0.2) is 8.78 Å². The second-order valence-electron chi connectivity index (χ2n) is 6.35. The molecule has 113 valence electrons. The van der Waals surface area contributed by atoms with E-state index in [0.717, 1.165) is 12.1 Å². The molecule has 2 saturated heterocycles. The average Bonchev–Trinajstić information content (AvgIpc) is 2.87. The van der Waals surface area contributed by atoms with E-state index in [9.17, 15) is 13.9 Å². The van der Waals surface area contributed by atoms with Crippen molar-refractivity contribution in [2.75, 3.05) is 0 Å². The van der Waals surface area contributed by atoms with E-state index in [1.54, 1.807) is 0 Å². The van der Waals surface area contributed by atoms with Gasteiger partial charge in [-0.2, -0.15) is 0 Å². The van der Waals surface area contributed by atoms with Crippen LogP contribution in [0.4, 0.5) is 8.78 Å². The van der Waals surface area contributed by atoms with Crippen LogP contribution in [0.5, 0.6) is 0 Å². The van der Waals surface area contributed by atoms with Crippen molar-refractivity contribution in [3.05, 3.63) is 35.4 Å². The van der Waals surface area contributed by atoms with E-state index in [1.165, 1.54) is 6.07 Å². The van der Waals surface area contributed by atoms with Crippen LogP contribution in [-0.2, 0) is 9.47 Å². The minimum Gasteiger partial charge on any atom is -0.386 e. The van der Waals surface area contributed by atoms with Crippen LogP contribution in [-0.4, -0.2) is 36.2 Å². The van der Waals surface area contributed by atoms with Gasteiger partial charge in [0.25, 0.3) is 0 Å². The summed E-state index contributed by atoms with van der Waals surface area (Å²) in [4.78, 5) is 0. The molecule has 0 aromatic heterocycles. The number of aliphatic hydroxyl groups is 1. The fourth-order valence-electron chi connectivity index (χ4n) is 3.27. The summed E-state index contributed by atoms with van der Waals surface area (Å²) in [6, 6.07) is 3.38. The summed E-state index contributed by atoms with van der Waals surface area (Å²) in [6.45, 7) is 5.84. The smallest absolute Gasteiger partial charge is 0.163 e. The zero-order valence-electron chi connectivity index (χ0n) is 12.2. The van der Waals surface area contributed by atoms with E-state index in [4.69, 9.17) is 9.47 Å². The third-order valence-corrected chi connectivity index (χ3v) is 4.25. The predicted octanol–water partition coefficient (Wildman–Crippen LogP) is 2.41. The van der Waals surface area contributed by atoms with Gasteiger partial charge in [-0.15, -0.1) is 0 Å². The van der Waals surface area contributed by atoms with Gasteiger partial charge in [-0.1, -0.05) is 6.07 Å². The third kappa shape index (κ3) is 2.60. The van der Waals surface area contributed by atoms with Crippen molar-refractivity contribution in [2.45, 2.75) is 56.5 Å². The highest BCUT2D eigenvalue weighted by Gasteiger charge is 2.54. The Bertz CT molecular complexity index is 552. The van der Waals surface area contributed by atoms with Crippen LogP contribution in [0.25, 0.3) is 0 Å². The lowest BCUT2D eigenvalue weighted by molar-refractivity contribution is -0.101. The third-order valence-electron chi connectivity index (χ3n) is 4.25. The maximum Gasteiger partial charge on any atom is 0.163 e. The minimum absolute atomic E-state index is 0.0817. The van der Waals surface area contributed by atoms with Gasteiger partial charge in [-0.3, -0.25) is 0 Å². The highest BCUT2D eigenvalue weighted by molar-refractivity contribution is 6.43. The van der Waals surface area contributed by atoms with Crippen molar-refractivity contribution in [2.24, 2.45) is 0 Å². The molecule has 1 radical (unpaired) electrons. The summed E-state index contributed by atoms with van der Waals surface area (Å²) in [5.41, 5.74) is -0.0839. The number of rotatable bonds is 2. The van der Waals surface area contributed by atoms with Crippen molar-refractivity contribution in [3.63, 3.8) is 0 Å². The van der Waals surface area contributed by atoms with Crippen LogP contribution in [0.2, 0.25) is 5.82 Å². The van der Waals surface area contributed by atoms with E-state index >= 15 is 0 Å². The molecule has 1 aromatic rings. The molecule has 5 atom stereocenters. The van der Waals surface area contributed by atoms with Crippen molar-refractivity contribution in [1.82, 2.24) is 0 Å². The summed E-state index contributed by atoms with van der Waals surface area (Å²) < 4.78 is 38.1. The standard InChI is InChI=1S/C15H18BF2O3/c1-7-11-13(21-15(2,3)16-11)14(20-7)12(19)8-4-5-9(17)10(18)6-8/h4-7,11-14,19H,1-3H3/t7-,11-,12-,13-,14+/m0/s1. The van der Waals surface area contributed by atoms with Gasteiger partial charge in [-0.05, 0) is 44.3 Å². The molecule has 1 N–H and O–H groups in total. The van der Waals surface area contributed by atoms with Gasteiger partial charge in [0.2, 0.25) is 0 Å². The molecule has 0 unspecified atom stereocenters. The van der Waals surface area contributed by atoms with Crippen LogP contribution >= 0.6 is 0 Å². The van der Waals surface area contributed by atoms with Crippen molar-refractivity contribution in [1.29, 1.82) is 0 Å². The molecular formula is C15H18BF2O3. The lowest BCUT2D eigenvalue weighted by atomic mass is 9.53. The molecule has 21 heavy (non-hydrogen) atoms. The number of fused-ring (bicyclic) bond motifs is 1. The van der Waals surface area contributed by atoms with Gasteiger partial charge in [0.1, 0.15) is 12.2 Å². The summed E-state index contributed by atoms with van der Waals surface area (Å²) in [5.74, 6) is -1.82. The molecule has 0 amide bonds. The molecule has 0 bridgehead atoms. The molecule has 1 aromatic carbocycles. The Balaban J connectivity index is 1.84. The van der Waals surface area contributed by atoms with Crippen LogP contribution in [0.3, 0.4) is 0 Å². The van der Waals surface area contributed by atoms with E-state index in [0.29, 0.717) is 5.56 Å². The molecule has 2 heterocycles. The molecule has 2 aliphatic heterocycles. The second-order valence-corrected chi connectivity index (χ2v) is 6.35. The Kier molecular flexibility index (Phi) is 3.58. The SMILES string of the molecule is C[C@@H]1O[C@H]([C@@H](O)c2ccc(F)c(F)c2)[C@H]2OC(C)(C)[B][C@H]21. The summed E-state index contributed by atoms with van der Waals surface area (Å²) in [7, 11) is 2.08. The van der Waals surface area contributed by atoms with E-state index in [2.05, 4.69) is 7.28 Å². The Morgan fingerprint density at radius 2 is 2.00 bits per heavy atom. The first-order chi connectivity index (χ1) is 9.78. The van der Waals surface area contributed by atoms with Gasteiger partial charge >= 0.3 is 0 Å². The van der Waals surface area contributed by atoms with Gasteiger partial charge in [0.05, 0.1) is 12.2 Å². The maximum absolute atomic E-state index is 13.3. The molecule has 0 spiro atoms. The maximum atomic E-state index is 13.3. The lowest BCUT2D eigenvalue weighted by Gasteiger charge is -2.27. The summed E-state index contributed by atoms with van der Waals surface area (Å²) in [5, 5.41) is 10.5. The van der Waals surface area contributed by atoms with Crippen LogP contribution in [0, 0.1) is 11.6 Å². The molecule has 3 nitrogen and oxygen atoms in total. The molecule has 2 aliphatic rings. The van der Waals surface area contributed by atoms with Crippen LogP contribution in [0.15, 0.2) is 18.2 Å². The summed E-state index contributed by atoms with van der Waals surface area (Å²) in [6.07, 6.45) is -2.01. The van der Waals surface area contributed by atoms with Crippen LogP contribution < -0.4 is 0 Å². The fourth-order valence-corrected chi connectivity index (χ4v) is 3.27. The Morgan fingerprint density at radius 1 is 1.29 bits per heavy atom. The highest BCUT2D eigenvalue weighted by Crippen LogP contribution is 2.46. The number of hydrogen-bond acceptors (Lipinski definition) is 3. The van der Waals surface area contributed by atoms with Crippen LogP contribution in [0.1, 0.15) is 32.4 Å². The Hall–Kier alpha value is -0.975. The van der Waals surface area contributed by atoms with E-state index in [1.807, 2.05) is 20.8 Å². The Labute approximate surface area is 123 Å². The molecule has 3 rings (SSSR count). The fraction of sp³-hybridized carbons (Fsp3) is 0.600. The topological polar surface area (TPSA) is 38.7 Å². The molecule has 0 saturated carbocycles. The number of aliphatic hydroxyl groups excluding tert-OH is 1. The van der Waals surface area contributed by atoms with Gasteiger partial charge < -0.3 is 14.6 Å². The predicted molar refractivity (Wildman–Crippen MR) is 74.1 cm³/mol. The largest absolute Gasteiger partial charge is 0.386 e. The van der Waals surface area contributed by atoms with E-state index < -0.39 is 23.8 Å². The zero-order chi connectivity index (χ0) is 15.4. The van der Waals surface area contributed by atoms with Crippen molar-refractivity contribution < 1.29 is 23.4 Å². The highest BCUT2D eigenvalue weighted by atomic mass is 19.2. The van der Waals surface area contributed by atoms with Crippen molar-refractivity contribution >= 4 is 7.28 Å². The van der Waals surface area contributed by atoms with Gasteiger partial charge in [0.15, 0.2) is 18.9 Å². The summed E-state index contributed by atoms with van der Waals surface area (Å²) >= 11 is 0. The number of hydrogen-bond donors (Lipinski definition) is 1. The number of benzene rings is 1. The zero-order valence-corrected chi connectivity index (χ0v) is 12.2. The average molecular weight is 295 g/mol. The molecule has 6 heteroatoms. The quantitative estimate of drug-likeness (QED) is 0.852. The van der Waals surface area contributed by atoms with Crippen molar-refractivity contribution in [3.8, 4) is 0 Å². The normalized spacial score (nSPS) is 35.3. The molecule has 0 aliphatic carbocycles. The minimum atomic E-state index is -1.06. The first-order valence-electron chi connectivity index (χ1n) is 7.11. The number of ether oxygens (including phenoxy) is 2. The molecule has 2 fully saturated rings. The Morgan fingerprint density at radius 3 is 2.67 bits per heavy atom. The lowest BCUT2D eigenvalue weighted by Crippen LogP contribution is -2.34.